The summed E-state index contributed by atoms with van der Waals surface area (Å²) in [6.45, 7) is 0. The average molecular weight is 285 g/mol. The van der Waals surface area contributed by atoms with E-state index in [9.17, 15) is 4.79 Å². The molecule has 0 bridgehead atoms. The second-order valence-electron chi connectivity index (χ2n) is 3.11. The molecule has 2 nitrogen and oxygen atoms in total. The van der Waals surface area contributed by atoms with Gasteiger partial charge in [-0.05, 0) is 45.9 Å². The molecule has 78 valence electrons. The Labute approximate surface area is 100 Å². The van der Waals surface area contributed by atoms with E-state index in [4.69, 9.17) is 4.42 Å². The van der Waals surface area contributed by atoms with E-state index in [-0.39, 0.29) is 5.78 Å². The van der Waals surface area contributed by atoms with Crippen molar-refractivity contribution >= 4 is 33.0 Å². The largest absolute Gasteiger partial charge is 0.446 e. The fourth-order valence-corrected chi connectivity index (χ4v) is 2.29. The van der Waals surface area contributed by atoms with Gasteiger partial charge in [-0.3, -0.25) is 4.79 Å². The van der Waals surface area contributed by atoms with Crippen LogP contribution in [0.2, 0.25) is 0 Å². The Balaban J connectivity index is 1.93. The van der Waals surface area contributed by atoms with Gasteiger partial charge in [-0.15, -0.1) is 11.3 Å². The molecule has 0 aliphatic heterocycles. The van der Waals surface area contributed by atoms with Crippen molar-refractivity contribution in [1.29, 1.82) is 0 Å². The predicted molar refractivity (Wildman–Crippen MR) is 63.4 cm³/mol. The fraction of sp³-hybridized carbons (Fsp3) is 0.182. The average Bonchev–Trinajstić information content (AvgIpc) is 2.84. The molecule has 0 unspecified atom stereocenters. The van der Waals surface area contributed by atoms with Crippen molar-refractivity contribution in [2.45, 2.75) is 12.8 Å². The minimum Gasteiger partial charge on any atom is -0.446 e. The molecule has 2 heterocycles. The number of carbonyl (C=O) groups is 1. The Bertz CT molecular complexity index is 445. The summed E-state index contributed by atoms with van der Waals surface area (Å²) in [5.41, 5.74) is 0. The molecule has 0 aliphatic carbocycles. The number of hydrogen-bond donors (Lipinski definition) is 0. The highest BCUT2D eigenvalue weighted by atomic mass is 79.9. The van der Waals surface area contributed by atoms with Gasteiger partial charge >= 0.3 is 0 Å². The highest BCUT2D eigenvalue weighted by molar-refractivity contribution is 9.10. The zero-order valence-corrected chi connectivity index (χ0v) is 10.3. The number of hydrogen-bond acceptors (Lipinski definition) is 3. The van der Waals surface area contributed by atoms with E-state index in [1.807, 2.05) is 17.5 Å². The first kappa shape index (κ1) is 10.6. The number of carbonyl (C=O) groups excluding carboxylic acids is 1. The number of rotatable bonds is 4. The number of Topliss-reactive ketones (excluding diaryl/α,β-unsaturated/α-hetero) is 1. The molecular weight excluding hydrogens is 276 g/mol. The van der Waals surface area contributed by atoms with E-state index in [1.165, 1.54) is 4.88 Å². The number of aryl methyl sites for hydroxylation is 1. The second kappa shape index (κ2) is 4.77. The number of thiophene rings is 1. The van der Waals surface area contributed by atoms with Crippen molar-refractivity contribution in [2.24, 2.45) is 0 Å². The third-order valence-electron chi connectivity index (χ3n) is 2.03. The van der Waals surface area contributed by atoms with Gasteiger partial charge in [0.25, 0.3) is 0 Å². The quantitative estimate of drug-likeness (QED) is 0.797. The van der Waals surface area contributed by atoms with Gasteiger partial charge in [0.15, 0.2) is 16.2 Å². The van der Waals surface area contributed by atoms with E-state index in [0.717, 1.165) is 6.42 Å². The molecule has 2 rings (SSSR count). The van der Waals surface area contributed by atoms with Gasteiger partial charge in [0.1, 0.15) is 0 Å². The molecule has 4 heteroatoms. The van der Waals surface area contributed by atoms with Gasteiger partial charge < -0.3 is 4.42 Å². The van der Waals surface area contributed by atoms with Gasteiger partial charge in [0, 0.05) is 11.3 Å². The first-order valence-electron chi connectivity index (χ1n) is 4.56. The number of ketones is 1. The third-order valence-corrected chi connectivity index (χ3v) is 3.39. The van der Waals surface area contributed by atoms with Crippen LogP contribution in [0.1, 0.15) is 21.9 Å². The summed E-state index contributed by atoms with van der Waals surface area (Å²) in [5.74, 6) is 0.479. The lowest BCUT2D eigenvalue weighted by atomic mass is 10.1. The molecule has 0 atom stereocenters. The molecule has 0 saturated heterocycles. The second-order valence-corrected chi connectivity index (χ2v) is 4.92. The van der Waals surface area contributed by atoms with E-state index in [1.54, 1.807) is 23.5 Å². The van der Waals surface area contributed by atoms with Crippen molar-refractivity contribution in [3.8, 4) is 0 Å². The van der Waals surface area contributed by atoms with Gasteiger partial charge in [-0.1, -0.05) is 6.07 Å². The molecule has 15 heavy (non-hydrogen) atoms. The highest BCUT2D eigenvalue weighted by Gasteiger charge is 2.10. The molecule has 2 aromatic heterocycles. The van der Waals surface area contributed by atoms with Gasteiger partial charge in [-0.2, -0.15) is 0 Å². The fourth-order valence-electron chi connectivity index (χ4n) is 1.28. The molecule has 2 aromatic rings. The summed E-state index contributed by atoms with van der Waals surface area (Å²) in [5, 5.41) is 2.02. The summed E-state index contributed by atoms with van der Waals surface area (Å²) < 4.78 is 5.78. The van der Waals surface area contributed by atoms with Gasteiger partial charge in [0.05, 0.1) is 0 Å². The Morgan fingerprint density at radius 3 is 2.87 bits per heavy atom. The minimum absolute atomic E-state index is 0.0501. The van der Waals surface area contributed by atoms with E-state index in [2.05, 4.69) is 15.9 Å². The zero-order valence-electron chi connectivity index (χ0n) is 7.90. The highest BCUT2D eigenvalue weighted by Crippen LogP contribution is 2.17. The lowest BCUT2D eigenvalue weighted by Gasteiger charge is -1.95. The maximum atomic E-state index is 11.6. The smallest absolute Gasteiger partial charge is 0.198 e. The zero-order chi connectivity index (χ0) is 10.7. The summed E-state index contributed by atoms with van der Waals surface area (Å²) in [6, 6.07) is 7.46. The Hall–Kier alpha value is -0.870. The maximum Gasteiger partial charge on any atom is 0.198 e. The van der Waals surface area contributed by atoms with Crippen LogP contribution >= 0.6 is 27.3 Å². The van der Waals surface area contributed by atoms with Crippen molar-refractivity contribution in [2.75, 3.05) is 0 Å². The molecule has 0 radical (unpaired) electrons. The number of halogens is 1. The van der Waals surface area contributed by atoms with Crippen molar-refractivity contribution in [1.82, 2.24) is 0 Å². The van der Waals surface area contributed by atoms with E-state index < -0.39 is 0 Å². The van der Waals surface area contributed by atoms with Crippen LogP contribution in [0.3, 0.4) is 0 Å². The lowest BCUT2D eigenvalue weighted by molar-refractivity contribution is 0.0955. The van der Waals surface area contributed by atoms with E-state index in [0.29, 0.717) is 16.9 Å². The van der Waals surface area contributed by atoms with Crippen LogP contribution in [-0.2, 0) is 6.42 Å². The van der Waals surface area contributed by atoms with Crippen LogP contribution in [0.25, 0.3) is 0 Å². The van der Waals surface area contributed by atoms with Crippen LogP contribution in [0, 0.1) is 0 Å². The molecule has 0 spiro atoms. The molecule has 0 aliphatic rings. The van der Waals surface area contributed by atoms with Crippen molar-refractivity contribution < 1.29 is 9.21 Å². The molecule has 0 aromatic carbocycles. The first-order chi connectivity index (χ1) is 7.25. The summed E-state index contributed by atoms with van der Waals surface area (Å²) in [6.07, 6.45) is 1.29. The lowest BCUT2D eigenvalue weighted by Crippen LogP contribution is -1.98. The van der Waals surface area contributed by atoms with Crippen molar-refractivity contribution in [3.05, 3.63) is 45.0 Å². The molecule has 0 amide bonds. The minimum atomic E-state index is 0.0501. The predicted octanol–water partition coefficient (Wildman–Crippen LogP) is 3.92. The van der Waals surface area contributed by atoms with Gasteiger partial charge in [0.2, 0.25) is 0 Å². The summed E-state index contributed by atoms with van der Waals surface area (Å²) in [4.78, 5) is 12.9. The molecular formula is C11H9BrO2S. The van der Waals surface area contributed by atoms with Crippen LogP contribution < -0.4 is 0 Å². The maximum absolute atomic E-state index is 11.6. The van der Waals surface area contributed by atoms with Gasteiger partial charge in [-0.25, -0.2) is 0 Å². The third kappa shape index (κ3) is 2.79. The summed E-state index contributed by atoms with van der Waals surface area (Å²) in [7, 11) is 0. The summed E-state index contributed by atoms with van der Waals surface area (Å²) >= 11 is 4.85. The standard InChI is InChI=1S/C11H9BrO2S/c12-11-6-5-10(14-11)9(13)4-3-8-2-1-7-15-8/h1-2,5-7H,3-4H2. The SMILES string of the molecule is O=C(CCc1cccs1)c1ccc(Br)o1. The number of furan rings is 1. The normalized spacial score (nSPS) is 10.5. The molecule has 0 N–H and O–H groups in total. The Kier molecular flexibility index (Phi) is 3.38. The van der Waals surface area contributed by atoms with Crippen molar-refractivity contribution in [3.63, 3.8) is 0 Å². The Morgan fingerprint density at radius 2 is 2.27 bits per heavy atom. The van der Waals surface area contributed by atoms with E-state index >= 15 is 0 Å². The topological polar surface area (TPSA) is 30.2 Å². The molecule has 0 saturated carbocycles. The molecule has 0 fully saturated rings. The van der Waals surface area contributed by atoms with Crippen LogP contribution in [0.15, 0.2) is 38.7 Å². The Morgan fingerprint density at radius 1 is 1.40 bits per heavy atom. The first-order valence-corrected chi connectivity index (χ1v) is 6.24. The van der Waals surface area contributed by atoms with Crippen LogP contribution in [0.5, 0.6) is 0 Å². The monoisotopic (exact) mass is 284 g/mol. The van der Waals surface area contributed by atoms with Crippen LogP contribution in [0.4, 0.5) is 0 Å². The van der Waals surface area contributed by atoms with Crippen LogP contribution in [-0.4, -0.2) is 5.78 Å².